The maximum absolute atomic E-state index is 11.6. The van der Waals surface area contributed by atoms with E-state index in [1.807, 2.05) is 0 Å². The lowest BCUT2D eigenvalue weighted by Crippen LogP contribution is -2.29. The van der Waals surface area contributed by atoms with Crippen molar-refractivity contribution in [1.29, 1.82) is 0 Å². The second-order valence-electron chi connectivity index (χ2n) is 4.69. The summed E-state index contributed by atoms with van der Waals surface area (Å²) in [5.41, 5.74) is 1.44. The number of allylic oxidation sites excluding steroid dienone is 2. The Kier molecular flexibility index (Phi) is 2.62. The average Bonchev–Trinajstić information content (AvgIpc) is 2.28. The van der Waals surface area contributed by atoms with Crippen LogP contribution in [0.25, 0.3) is 0 Å². The first-order valence-electron chi connectivity index (χ1n) is 5.50. The minimum atomic E-state index is 0.0306. The van der Waals surface area contributed by atoms with Gasteiger partial charge in [0.2, 0.25) is 0 Å². The zero-order valence-electron chi connectivity index (χ0n) is 8.95. The Hall–Kier alpha value is -0.790. The van der Waals surface area contributed by atoms with Crippen molar-refractivity contribution in [3.63, 3.8) is 0 Å². The number of cyclic esters (lactones) is 1. The largest absolute Gasteiger partial charge is 0.465 e. The Labute approximate surface area is 85.3 Å². The second-order valence-corrected chi connectivity index (χ2v) is 4.69. The van der Waals surface area contributed by atoms with Gasteiger partial charge in [-0.15, -0.1) is 0 Å². The quantitative estimate of drug-likeness (QED) is 0.437. The van der Waals surface area contributed by atoms with E-state index < -0.39 is 0 Å². The minimum absolute atomic E-state index is 0.0306. The van der Waals surface area contributed by atoms with Crippen molar-refractivity contribution in [3.05, 3.63) is 11.6 Å². The van der Waals surface area contributed by atoms with Gasteiger partial charge < -0.3 is 4.74 Å². The molecule has 3 unspecified atom stereocenters. The molecule has 0 spiro atoms. The molecule has 0 aromatic rings. The molecule has 14 heavy (non-hydrogen) atoms. The van der Waals surface area contributed by atoms with E-state index in [-0.39, 0.29) is 11.9 Å². The van der Waals surface area contributed by atoms with Crippen molar-refractivity contribution in [2.45, 2.75) is 33.1 Å². The monoisotopic (exact) mass is 194 g/mol. The molecule has 1 fully saturated rings. The lowest BCUT2D eigenvalue weighted by atomic mass is 9.73. The van der Waals surface area contributed by atoms with E-state index in [1.54, 1.807) is 0 Å². The number of hydrogen-bond acceptors (Lipinski definition) is 2. The van der Waals surface area contributed by atoms with Crippen LogP contribution in [0.3, 0.4) is 0 Å². The fraction of sp³-hybridized carbons (Fsp3) is 0.750. The van der Waals surface area contributed by atoms with Crippen LogP contribution in [0.15, 0.2) is 11.6 Å². The molecular formula is C12H18O2. The Bertz CT molecular complexity index is 267. The third kappa shape index (κ3) is 1.70. The summed E-state index contributed by atoms with van der Waals surface area (Å²) in [4.78, 5) is 11.6. The average molecular weight is 194 g/mol. The fourth-order valence-corrected chi connectivity index (χ4v) is 2.64. The van der Waals surface area contributed by atoms with E-state index in [4.69, 9.17) is 4.74 Å². The van der Waals surface area contributed by atoms with Gasteiger partial charge in [-0.05, 0) is 38.0 Å². The highest BCUT2D eigenvalue weighted by molar-refractivity contribution is 5.73. The van der Waals surface area contributed by atoms with E-state index in [2.05, 4.69) is 19.9 Å². The van der Waals surface area contributed by atoms with Crippen molar-refractivity contribution in [2.24, 2.45) is 17.8 Å². The molecule has 2 heteroatoms. The van der Waals surface area contributed by atoms with Gasteiger partial charge in [0.05, 0.1) is 12.5 Å². The zero-order chi connectivity index (χ0) is 10.1. The van der Waals surface area contributed by atoms with E-state index in [9.17, 15) is 4.79 Å². The Balaban J connectivity index is 2.21. The Morgan fingerprint density at radius 2 is 2.29 bits per heavy atom. The summed E-state index contributed by atoms with van der Waals surface area (Å²) in [5.74, 6) is 1.31. The lowest BCUT2D eigenvalue weighted by Gasteiger charge is -2.30. The van der Waals surface area contributed by atoms with Crippen LogP contribution in [0, 0.1) is 17.8 Å². The summed E-state index contributed by atoms with van der Waals surface area (Å²) in [5, 5.41) is 0. The van der Waals surface area contributed by atoms with Crippen LogP contribution in [-0.2, 0) is 9.53 Å². The van der Waals surface area contributed by atoms with Gasteiger partial charge in [-0.25, -0.2) is 0 Å². The number of carbonyl (C=O) groups excluding carboxylic acids is 1. The molecule has 0 saturated carbocycles. The molecule has 1 heterocycles. The van der Waals surface area contributed by atoms with Crippen LogP contribution < -0.4 is 0 Å². The predicted molar refractivity (Wildman–Crippen MR) is 54.7 cm³/mol. The summed E-state index contributed by atoms with van der Waals surface area (Å²) < 4.78 is 5.21. The van der Waals surface area contributed by atoms with Crippen LogP contribution in [0.5, 0.6) is 0 Å². The van der Waals surface area contributed by atoms with Crippen LogP contribution in [0.1, 0.15) is 33.1 Å². The first-order valence-corrected chi connectivity index (χ1v) is 5.50. The molecular weight excluding hydrogens is 176 g/mol. The molecule has 0 N–H and O–H groups in total. The molecule has 0 aromatic carbocycles. The first kappa shape index (κ1) is 9.75. The van der Waals surface area contributed by atoms with Crippen molar-refractivity contribution in [1.82, 2.24) is 0 Å². The summed E-state index contributed by atoms with van der Waals surface area (Å²) in [6, 6.07) is 0. The van der Waals surface area contributed by atoms with E-state index in [0.717, 1.165) is 19.3 Å². The minimum Gasteiger partial charge on any atom is -0.465 e. The molecule has 1 aliphatic heterocycles. The summed E-state index contributed by atoms with van der Waals surface area (Å²) in [6.45, 7) is 5.03. The summed E-state index contributed by atoms with van der Waals surface area (Å²) >= 11 is 0. The number of ether oxygens (including phenoxy) is 1. The lowest BCUT2D eigenvalue weighted by molar-refractivity contribution is -0.148. The molecule has 0 amide bonds. The van der Waals surface area contributed by atoms with Crippen molar-refractivity contribution in [3.8, 4) is 0 Å². The molecule has 2 aliphatic rings. The maximum Gasteiger partial charge on any atom is 0.309 e. The van der Waals surface area contributed by atoms with Crippen LogP contribution in [0.4, 0.5) is 0 Å². The predicted octanol–water partition coefficient (Wildman–Crippen LogP) is 2.54. The van der Waals surface area contributed by atoms with Gasteiger partial charge in [0, 0.05) is 0 Å². The van der Waals surface area contributed by atoms with E-state index in [1.165, 1.54) is 5.57 Å². The maximum atomic E-state index is 11.6. The number of rotatable bonds is 0. The van der Waals surface area contributed by atoms with Gasteiger partial charge in [0.15, 0.2) is 0 Å². The molecule has 1 saturated heterocycles. The van der Waals surface area contributed by atoms with Gasteiger partial charge in [-0.3, -0.25) is 4.79 Å². The van der Waals surface area contributed by atoms with Crippen LogP contribution in [0.2, 0.25) is 0 Å². The molecule has 78 valence electrons. The van der Waals surface area contributed by atoms with E-state index in [0.29, 0.717) is 18.4 Å². The van der Waals surface area contributed by atoms with Crippen molar-refractivity contribution < 1.29 is 9.53 Å². The Morgan fingerprint density at radius 1 is 1.50 bits per heavy atom. The highest BCUT2D eigenvalue weighted by atomic mass is 16.5. The first-order chi connectivity index (χ1) is 6.68. The standard InChI is InChI=1S/C12H18O2/c1-8-3-4-10-11(7-8)9(2)5-6-14-12(10)13/h3,9-11H,4-7H2,1-2H3. The van der Waals surface area contributed by atoms with Gasteiger partial charge in [-0.1, -0.05) is 18.6 Å². The summed E-state index contributed by atoms with van der Waals surface area (Å²) in [7, 11) is 0. The normalized spacial score (nSPS) is 38.0. The highest BCUT2D eigenvalue weighted by Crippen LogP contribution is 2.38. The van der Waals surface area contributed by atoms with Crippen molar-refractivity contribution >= 4 is 5.97 Å². The Morgan fingerprint density at radius 3 is 3.07 bits per heavy atom. The molecule has 2 nitrogen and oxygen atoms in total. The van der Waals surface area contributed by atoms with Gasteiger partial charge in [0.25, 0.3) is 0 Å². The number of esters is 1. The SMILES string of the molecule is CC1=CCC2C(=O)OCCC(C)C2C1. The van der Waals surface area contributed by atoms with E-state index >= 15 is 0 Å². The molecule has 0 aromatic heterocycles. The smallest absolute Gasteiger partial charge is 0.309 e. The number of fused-ring (bicyclic) bond motifs is 1. The third-order valence-corrected chi connectivity index (χ3v) is 3.65. The van der Waals surface area contributed by atoms with Crippen molar-refractivity contribution in [2.75, 3.05) is 6.61 Å². The van der Waals surface area contributed by atoms with Crippen LogP contribution >= 0.6 is 0 Å². The molecule has 1 aliphatic carbocycles. The summed E-state index contributed by atoms with van der Waals surface area (Å²) in [6.07, 6.45) is 5.20. The van der Waals surface area contributed by atoms with Gasteiger partial charge in [-0.2, -0.15) is 0 Å². The van der Waals surface area contributed by atoms with Gasteiger partial charge >= 0.3 is 5.97 Å². The van der Waals surface area contributed by atoms with Gasteiger partial charge in [0.1, 0.15) is 0 Å². The molecule has 0 radical (unpaired) electrons. The molecule has 2 rings (SSSR count). The topological polar surface area (TPSA) is 26.3 Å². The third-order valence-electron chi connectivity index (χ3n) is 3.65. The molecule has 0 bridgehead atoms. The number of carbonyl (C=O) groups is 1. The zero-order valence-corrected chi connectivity index (χ0v) is 8.95. The second kappa shape index (κ2) is 3.76. The fourth-order valence-electron chi connectivity index (χ4n) is 2.64. The molecule has 3 atom stereocenters. The highest BCUT2D eigenvalue weighted by Gasteiger charge is 2.36. The number of hydrogen-bond donors (Lipinski definition) is 0. The van der Waals surface area contributed by atoms with Crippen LogP contribution in [-0.4, -0.2) is 12.6 Å².